The first-order valence-corrected chi connectivity index (χ1v) is 7.57. The molecule has 5 heteroatoms. The van der Waals surface area contributed by atoms with Crippen LogP contribution in [-0.2, 0) is 0 Å². The van der Waals surface area contributed by atoms with Crippen LogP contribution in [0.4, 0.5) is 15.8 Å². The van der Waals surface area contributed by atoms with Gasteiger partial charge in [0.25, 0.3) is 0 Å². The van der Waals surface area contributed by atoms with Gasteiger partial charge in [-0.05, 0) is 54.4 Å². The zero-order valence-electron chi connectivity index (χ0n) is 11.1. The van der Waals surface area contributed by atoms with Crippen molar-refractivity contribution in [3.63, 3.8) is 0 Å². The average molecular weight is 343 g/mol. The second-order valence-electron chi connectivity index (χ2n) is 4.59. The zero-order chi connectivity index (χ0) is 14.2. The van der Waals surface area contributed by atoms with E-state index in [1.807, 2.05) is 6.92 Å². The molecule has 2 aromatic rings. The maximum absolute atomic E-state index is 13.6. The van der Waals surface area contributed by atoms with Crippen molar-refractivity contribution in [2.24, 2.45) is 0 Å². The van der Waals surface area contributed by atoms with E-state index >= 15 is 0 Å². The first-order valence-electron chi connectivity index (χ1n) is 5.96. The van der Waals surface area contributed by atoms with Gasteiger partial charge in [-0.3, -0.25) is 0 Å². The van der Waals surface area contributed by atoms with Gasteiger partial charge < -0.3 is 11.1 Å². The topological polar surface area (TPSA) is 38.0 Å². The summed E-state index contributed by atoms with van der Waals surface area (Å²) in [6.07, 6.45) is 0. The van der Waals surface area contributed by atoms with Crippen molar-refractivity contribution in [2.45, 2.75) is 26.8 Å². The molecular weight excluding hydrogens is 327 g/mol. The molecule has 1 heterocycles. The average Bonchev–Trinajstić information content (AvgIpc) is 2.65. The van der Waals surface area contributed by atoms with Crippen molar-refractivity contribution >= 4 is 38.6 Å². The highest BCUT2D eigenvalue weighted by molar-refractivity contribution is 9.10. The van der Waals surface area contributed by atoms with Gasteiger partial charge in [-0.25, -0.2) is 4.39 Å². The number of benzene rings is 1. The minimum absolute atomic E-state index is 0.0906. The van der Waals surface area contributed by atoms with E-state index in [0.29, 0.717) is 15.8 Å². The maximum Gasteiger partial charge on any atom is 0.139 e. The predicted octanol–water partition coefficient (Wildman–Crippen LogP) is 5.02. The molecule has 0 aliphatic rings. The molecular formula is C14H16BrFN2S. The summed E-state index contributed by atoms with van der Waals surface area (Å²) in [7, 11) is 0. The number of nitrogens with two attached hydrogens (primary N) is 1. The summed E-state index contributed by atoms with van der Waals surface area (Å²) in [5.74, 6) is -0.317. The molecule has 0 bridgehead atoms. The quantitative estimate of drug-likeness (QED) is 0.768. The number of nitrogen functional groups attached to an aromatic ring is 1. The smallest absolute Gasteiger partial charge is 0.139 e. The first-order chi connectivity index (χ1) is 8.88. The normalized spacial score (nSPS) is 12.5. The highest BCUT2D eigenvalue weighted by Gasteiger charge is 2.13. The summed E-state index contributed by atoms with van der Waals surface area (Å²) in [4.78, 5) is 2.55. The molecule has 1 unspecified atom stereocenters. The SMILES string of the molecule is Cc1cc(C(C)Nc2cc(F)c(Br)cc2N)c(C)s1. The maximum atomic E-state index is 13.6. The molecule has 2 nitrogen and oxygen atoms in total. The van der Waals surface area contributed by atoms with Crippen molar-refractivity contribution in [3.8, 4) is 0 Å². The van der Waals surface area contributed by atoms with Crippen LogP contribution in [0.2, 0.25) is 0 Å². The number of aryl methyl sites for hydroxylation is 2. The number of thiophene rings is 1. The Morgan fingerprint density at radius 1 is 1.32 bits per heavy atom. The molecule has 0 amide bonds. The fraction of sp³-hybridized carbons (Fsp3) is 0.286. The van der Waals surface area contributed by atoms with Gasteiger partial charge in [0, 0.05) is 21.9 Å². The van der Waals surface area contributed by atoms with Gasteiger partial charge in [0.1, 0.15) is 5.82 Å². The summed E-state index contributed by atoms with van der Waals surface area (Å²) >= 11 is 4.89. The molecule has 1 atom stereocenters. The Morgan fingerprint density at radius 2 is 2.00 bits per heavy atom. The van der Waals surface area contributed by atoms with Crippen molar-refractivity contribution in [3.05, 3.63) is 43.8 Å². The molecule has 19 heavy (non-hydrogen) atoms. The zero-order valence-corrected chi connectivity index (χ0v) is 13.5. The van der Waals surface area contributed by atoms with Crippen molar-refractivity contribution in [1.29, 1.82) is 0 Å². The molecule has 0 saturated heterocycles. The number of anilines is 2. The summed E-state index contributed by atoms with van der Waals surface area (Å²) in [6, 6.07) is 5.25. The molecule has 0 radical (unpaired) electrons. The third kappa shape index (κ3) is 3.09. The molecule has 0 spiro atoms. The summed E-state index contributed by atoms with van der Waals surface area (Å²) in [6.45, 7) is 6.23. The van der Waals surface area contributed by atoms with Crippen LogP contribution in [-0.4, -0.2) is 0 Å². The Labute approximate surface area is 125 Å². The second kappa shape index (κ2) is 5.51. The number of nitrogens with one attached hydrogen (secondary N) is 1. The van der Waals surface area contributed by atoms with Gasteiger partial charge in [0.05, 0.1) is 15.8 Å². The number of hydrogen-bond donors (Lipinski definition) is 2. The standard InChI is InChI=1S/C14H16BrFN2S/c1-7-4-10(9(3)19-7)8(2)18-14-6-12(16)11(15)5-13(14)17/h4-6,8,18H,17H2,1-3H3. The fourth-order valence-electron chi connectivity index (χ4n) is 2.08. The predicted molar refractivity (Wildman–Crippen MR) is 84.3 cm³/mol. The molecule has 0 saturated carbocycles. The van der Waals surface area contributed by atoms with Crippen LogP contribution in [0.3, 0.4) is 0 Å². The largest absolute Gasteiger partial charge is 0.397 e. The minimum atomic E-state index is -0.317. The van der Waals surface area contributed by atoms with E-state index in [1.165, 1.54) is 21.4 Å². The van der Waals surface area contributed by atoms with Gasteiger partial charge >= 0.3 is 0 Å². The third-order valence-electron chi connectivity index (χ3n) is 3.01. The van der Waals surface area contributed by atoms with E-state index < -0.39 is 0 Å². The molecule has 0 fully saturated rings. The van der Waals surface area contributed by atoms with Gasteiger partial charge in [0.2, 0.25) is 0 Å². The van der Waals surface area contributed by atoms with Crippen LogP contribution in [0.25, 0.3) is 0 Å². The van der Waals surface area contributed by atoms with E-state index in [1.54, 1.807) is 17.4 Å². The van der Waals surface area contributed by atoms with Crippen molar-refractivity contribution < 1.29 is 4.39 Å². The summed E-state index contributed by atoms with van der Waals surface area (Å²) in [5, 5.41) is 3.27. The fourth-order valence-corrected chi connectivity index (χ4v) is 3.46. The highest BCUT2D eigenvalue weighted by Crippen LogP contribution is 2.32. The van der Waals surface area contributed by atoms with E-state index in [-0.39, 0.29) is 11.9 Å². The molecule has 102 valence electrons. The molecule has 0 aliphatic heterocycles. The number of rotatable bonds is 3. The summed E-state index contributed by atoms with van der Waals surface area (Å²) < 4.78 is 13.9. The van der Waals surface area contributed by atoms with Gasteiger partial charge in [-0.1, -0.05) is 0 Å². The van der Waals surface area contributed by atoms with Crippen molar-refractivity contribution in [2.75, 3.05) is 11.1 Å². The number of halogens is 2. The molecule has 3 N–H and O–H groups in total. The van der Waals surface area contributed by atoms with Gasteiger partial charge in [-0.15, -0.1) is 11.3 Å². The lowest BCUT2D eigenvalue weighted by atomic mass is 10.1. The Hall–Kier alpha value is -1.07. The Kier molecular flexibility index (Phi) is 4.16. The highest BCUT2D eigenvalue weighted by atomic mass is 79.9. The molecule has 1 aromatic carbocycles. The van der Waals surface area contributed by atoms with Gasteiger partial charge in [-0.2, -0.15) is 0 Å². The lowest BCUT2D eigenvalue weighted by Crippen LogP contribution is -2.09. The minimum Gasteiger partial charge on any atom is -0.397 e. The second-order valence-corrected chi connectivity index (χ2v) is 6.90. The van der Waals surface area contributed by atoms with Crippen LogP contribution in [0.15, 0.2) is 22.7 Å². The lowest BCUT2D eigenvalue weighted by Gasteiger charge is -2.17. The molecule has 0 aliphatic carbocycles. The lowest BCUT2D eigenvalue weighted by molar-refractivity contribution is 0.621. The van der Waals surface area contributed by atoms with Crippen LogP contribution in [0, 0.1) is 19.7 Å². The van der Waals surface area contributed by atoms with Crippen LogP contribution < -0.4 is 11.1 Å². The number of hydrogen-bond acceptors (Lipinski definition) is 3. The Bertz CT molecular complexity index is 610. The third-order valence-corrected chi connectivity index (χ3v) is 4.60. The monoisotopic (exact) mass is 342 g/mol. The van der Waals surface area contributed by atoms with E-state index in [0.717, 1.165) is 0 Å². The van der Waals surface area contributed by atoms with E-state index in [9.17, 15) is 4.39 Å². The van der Waals surface area contributed by atoms with E-state index in [4.69, 9.17) is 5.73 Å². The van der Waals surface area contributed by atoms with Crippen LogP contribution >= 0.6 is 27.3 Å². The Morgan fingerprint density at radius 3 is 2.58 bits per heavy atom. The first kappa shape index (κ1) is 14.3. The van der Waals surface area contributed by atoms with Gasteiger partial charge in [0.15, 0.2) is 0 Å². The van der Waals surface area contributed by atoms with Crippen molar-refractivity contribution in [1.82, 2.24) is 0 Å². The van der Waals surface area contributed by atoms with Crippen LogP contribution in [0.5, 0.6) is 0 Å². The molecule has 2 rings (SSSR count). The van der Waals surface area contributed by atoms with E-state index in [2.05, 4.69) is 41.2 Å². The molecule has 1 aromatic heterocycles. The Balaban J connectivity index is 2.26. The summed E-state index contributed by atoms with van der Waals surface area (Å²) in [5.41, 5.74) is 8.28. The van der Waals surface area contributed by atoms with Crippen LogP contribution in [0.1, 0.15) is 28.3 Å².